The molecule has 228 valence electrons. The number of carbonyl (C=O) groups is 4. The number of Topliss-reactive ketones (excluding diaryl/α,β-unsaturated/α-hetero) is 1. The molecule has 4 aromatic rings. The molecule has 2 fully saturated rings. The second kappa shape index (κ2) is 12.5. The zero-order chi connectivity index (χ0) is 32.0. The van der Waals surface area contributed by atoms with Gasteiger partial charge in [-0.15, -0.1) is 0 Å². The molecule has 2 amide bonds. The van der Waals surface area contributed by atoms with Gasteiger partial charge in [0.05, 0.1) is 39.2 Å². The van der Waals surface area contributed by atoms with Gasteiger partial charge < -0.3 is 4.74 Å². The van der Waals surface area contributed by atoms with Gasteiger partial charge in [0.2, 0.25) is 11.8 Å². The first-order valence-corrected chi connectivity index (χ1v) is 16.5. The third-order valence-corrected chi connectivity index (χ3v) is 11.3. The van der Waals surface area contributed by atoms with Gasteiger partial charge in [0.25, 0.3) is 5.69 Å². The lowest BCUT2D eigenvalue weighted by Gasteiger charge is -2.29. The van der Waals surface area contributed by atoms with Crippen LogP contribution in [0.5, 0.6) is 0 Å². The van der Waals surface area contributed by atoms with Gasteiger partial charge in [-0.3, -0.25) is 29.4 Å². The van der Waals surface area contributed by atoms with E-state index in [-0.39, 0.29) is 50.1 Å². The molecule has 1 saturated heterocycles. The predicted octanol–water partition coefficient (Wildman–Crippen LogP) is 7.04. The Morgan fingerprint density at radius 3 is 2.13 bits per heavy atom. The van der Waals surface area contributed by atoms with E-state index in [1.54, 1.807) is 48.5 Å². The average Bonchev–Trinajstić information content (AvgIpc) is 3.27. The molecular weight excluding hydrogens is 778 g/mol. The smallest absolute Gasteiger partial charge is 0.339 e. The van der Waals surface area contributed by atoms with Crippen molar-refractivity contribution in [1.29, 1.82) is 0 Å². The van der Waals surface area contributed by atoms with Gasteiger partial charge >= 0.3 is 5.97 Å². The van der Waals surface area contributed by atoms with Crippen molar-refractivity contribution in [2.75, 3.05) is 11.5 Å². The maximum Gasteiger partial charge on any atom is 0.339 e. The zero-order valence-corrected chi connectivity index (χ0v) is 28.0. The number of esters is 1. The first kappa shape index (κ1) is 31.2. The molecule has 13 heteroatoms. The van der Waals surface area contributed by atoms with Crippen molar-refractivity contribution in [3.8, 4) is 11.3 Å². The van der Waals surface area contributed by atoms with Crippen molar-refractivity contribution < 1.29 is 28.8 Å². The molecule has 1 aliphatic carbocycles. The van der Waals surface area contributed by atoms with Crippen LogP contribution in [0.2, 0.25) is 0 Å². The van der Waals surface area contributed by atoms with E-state index in [0.717, 1.165) is 0 Å². The SMILES string of the molecule is O=C(COC(=O)c1cc(-c2ccc(N3C(=O)C4CC(Br)C(Br)CC4C3=O)cc2)nc2ccc(Br)cc12)c1ccc([N+](=O)[O-])cc1. The van der Waals surface area contributed by atoms with E-state index in [2.05, 4.69) is 47.8 Å². The predicted molar refractivity (Wildman–Crippen MR) is 177 cm³/mol. The third kappa shape index (κ3) is 6.08. The van der Waals surface area contributed by atoms with Crippen molar-refractivity contribution in [3.63, 3.8) is 0 Å². The summed E-state index contributed by atoms with van der Waals surface area (Å²) >= 11 is 10.6. The monoisotopic (exact) mass is 797 g/mol. The van der Waals surface area contributed by atoms with Gasteiger partial charge in [0.1, 0.15) is 0 Å². The minimum atomic E-state index is -0.750. The number of nitro benzene ring substituents is 1. The van der Waals surface area contributed by atoms with Gasteiger partial charge in [-0.1, -0.05) is 59.9 Å². The minimum Gasteiger partial charge on any atom is -0.454 e. The van der Waals surface area contributed by atoms with Crippen molar-refractivity contribution in [2.45, 2.75) is 22.5 Å². The number of aromatic nitrogens is 1. The first-order chi connectivity index (χ1) is 21.5. The van der Waals surface area contributed by atoms with E-state index in [0.29, 0.717) is 45.2 Å². The number of carbonyl (C=O) groups excluding carboxylic acids is 4. The molecule has 2 heterocycles. The third-order valence-electron chi connectivity index (χ3n) is 8.06. The Balaban J connectivity index is 1.25. The number of halogens is 3. The maximum atomic E-state index is 13.3. The number of benzene rings is 3. The molecule has 2 aliphatic rings. The second-order valence-corrected chi connectivity index (χ2v) is 14.1. The molecule has 1 aromatic heterocycles. The summed E-state index contributed by atoms with van der Waals surface area (Å²) in [6.45, 7) is -0.565. The fraction of sp³-hybridized carbons (Fsp3) is 0.219. The molecular formula is C32H22Br3N3O7. The minimum absolute atomic E-state index is 0.110. The van der Waals surface area contributed by atoms with E-state index < -0.39 is 23.3 Å². The quantitative estimate of drug-likeness (QED) is 0.0485. The number of nitrogens with zero attached hydrogens (tertiary/aromatic N) is 3. The van der Waals surface area contributed by atoms with Crippen LogP contribution in [0.25, 0.3) is 22.2 Å². The fourth-order valence-corrected chi connectivity index (χ4v) is 7.31. The lowest BCUT2D eigenvalue weighted by molar-refractivity contribution is -0.384. The van der Waals surface area contributed by atoms with Crippen LogP contribution in [0.4, 0.5) is 11.4 Å². The Morgan fingerprint density at radius 2 is 1.53 bits per heavy atom. The number of pyridine rings is 1. The number of anilines is 1. The topological polar surface area (TPSA) is 137 Å². The Hall–Kier alpha value is -3.81. The summed E-state index contributed by atoms with van der Waals surface area (Å²) in [7, 11) is 0. The normalized spacial score (nSPS) is 21.1. The molecule has 45 heavy (non-hydrogen) atoms. The van der Waals surface area contributed by atoms with Crippen LogP contribution in [-0.4, -0.2) is 49.7 Å². The number of imide groups is 1. The van der Waals surface area contributed by atoms with Gasteiger partial charge in [0.15, 0.2) is 12.4 Å². The van der Waals surface area contributed by atoms with Crippen LogP contribution in [0.1, 0.15) is 33.6 Å². The first-order valence-electron chi connectivity index (χ1n) is 13.8. The number of hydrogen-bond donors (Lipinski definition) is 0. The highest BCUT2D eigenvalue weighted by molar-refractivity contribution is 9.12. The molecule has 0 N–H and O–H groups in total. The molecule has 10 nitrogen and oxygen atoms in total. The Morgan fingerprint density at radius 1 is 0.911 bits per heavy atom. The Kier molecular flexibility index (Phi) is 8.68. The lowest BCUT2D eigenvalue weighted by atomic mass is 9.81. The molecule has 0 radical (unpaired) electrons. The summed E-state index contributed by atoms with van der Waals surface area (Å²) in [5.41, 5.74) is 2.25. The van der Waals surface area contributed by atoms with E-state index in [9.17, 15) is 29.3 Å². The van der Waals surface area contributed by atoms with Crippen molar-refractivity contribution in [2.24, 2.45) is 11.8 Å². The molecule has 4 unspecified atom stereocenters. The highest BCUT2D eigenvalue weighted by Gasteiger charge is 2.52. The largest absolute Gasteiger partial charge is 0.454 e. The van der Waals surface area contributed by atoms with Crippen molar-refractivity contribution in [3.05, 3.63) is 98.5 Å². The lowest BCUT2D eigenvalue weighted by Crippen LogP contribution is -2.34. The summed E-state index contributed by atoms with van der Waals surface area (Å²) in [4.78, 5) is 69.0. The van der Waals surface area contributed by atoms with Crippen molar-refractivity contribution in [1.82, 2.24) is 4.98 Å². The molecule has 1 saturated carbocycles. The summed E-state index contributed by atoms with van der Waals surface area (Å²) in [6, 6.07) is 18.7. The van der Waals surface area contributed by atoms with E-state index in [4.69, 9.17) is 9.72 Å². The van der Waals surface area contributed by atoms with Crippen molar-refractivity contribution >= 4 is 93.6 Å². The molecule has 4 atom stereocenters. The highest BCUT2D eigenvalue weighted by atomic mass is 79.9. The number of amides is 2. The second-order valence-electron chi connectivity index (χ2n) is 10.8. The van der Waals surface area contributed by atoms with Gasteiger partial charge in [-0.05, 0) is 61.4 Å². The number of fused-ring (bicyclic) bond motifs is 2. The van der Waals surface area contributed by atoms with Gasteiger partial charge in [-0.25, -0.2) is 9.78 Å². The number of alkyl halides is 2. The molecule has 0 bridgehead atoms. The van der Waals surface area contributed by atoms with E-state index in [1.807, 2.05) is 0 Å². The van der Waals surface area contributed by atoms with Crippen LogP contribution in [0.3, 0.4) is 0 Å². The number of nitro groups is 1. The van der Waals surface area contributed by atoms with Crippen LogP contribution >= 0.6 is 47.8 Å². The maximum absolute atomic E-state index is 13.3. The average molecular weight is 800 g/mol. The standard InChI is InChI=1S/C32H22Br3N3O7/c33-18-5-10-27-21(11-18)24(32(42)45-15-29(39)17-3-8-20(9-4-17)38(43)44)14-28(36-27)16-1-6-19(7-2-16)37-30(40)22-12-25(34)26(35)13-23(22)31(37)41/h1-11,14,22-23,25-26H,12-13,15H2. The molecule has 1 aliphatic heterocycles. The van der Waals surface area contributed by atoms with Crippen LogP contribution < -0.4 is 4.90 Å². The van der Waals surface area contributed by atoms with Crippen LogP contribution in [0, 0.1) is 22.0 Å². The van der Waals surface area contributed by atoms with Gasteiger partial charge in [0, 0.05) is 42.8 Å². The van der Waals surface area contributed by atoms with Crippen LogP contribution in [0.15, 0.2) is 77.3 Å². The number of hydrogen-bond acceptors (Lipinski definition) is 8. The Bertz CT molecular complexity index is 1850. The summed E-state index contributed by atoms with van der Waals surface area (Å²) in [5.74, 6) is -2.40. The summed E-state index contributed by atoms with van der Waals surface area (Å²) in [5, 5.41) is 11.4. The molecule has 0 spiro atoms. The highest BCUT2D eigenvalue weighted by Crippen LogP contribution is 2.44. The van der Waals surface area contributed by atoms with Gasteiger partial charge in [-0.2, -0.15) is 0 Å². The summed E-state index contributed by atoms with van der Waals surface area (Å²) in [6.07, 6.45) is 1.16. The Labute approximate surface area is 281 Å². The molecule has 3 aromatic carbocycles. The number of rotatable bonds is 7. The zero-order valence-electron chi connectivity index (χ0n) is 23.2. The number of ether oxygens (including phenoxy) is 1. The van der Waals surface area contributed by atoms with E-state index >= 15 is 0 Å². The number of non-ortho nitro benzene ring substituents is 1. The summed E-state index contributed by atoms with van der Waals surface area (Å²) < 4.78 is 6.09. The fourth-order valence-electron chi connectivity index (χ4n) is 5.71. The van der Waals surface area contributed by atoms with E-state index in [1.165, 1.54) is 29.2 Å². The number of ketones is 1. The molecule has 6 rings (SSSR count). The van der Waals surface area contributed by atoms with Crippen LogP contribution in [-0.2, 0) is 14.3 Å².